The Morgan fingerprint density at radius 2 is 1.87 bits per heavy atom. The zero-order valence-corrected chi connectivity index (χ0v) is 12.8. The zero-order valence-electron chi connectivity index (χ0n) is 12.8. The molecule has 3 rings (SSSR count). The summed E-state index contributed by atoms with van der Waals surface area (Å²) in [5.41, 5.74) is 6.86. The number of benzene rings is 2. The average Bonchev–Trinajstić information content (AvgIpc) is 2.61. The minimum Gasteiger partial charge on any atom is -0.497 e. The normalized spacial score (nSPS) is 10.7. The smallest absolute Gasteiger partial charge is 0.256 e. The van der Waals surface area contributed by atoms with E-state index >= 15 is 0 Å². The van der Waals surface area contributed by atoms with Gasteiger partial charge in [0.25, 0.3) is 5.56 Å². The maximum atomic E-state index is 12.4. The lowest BCUT2D eigenvalue weighted by molar-refractivity contribution is 0.332. The quantitative estimate of drug-likeness (QED) is 0.759. The van der Waals surface area contributed by atoms with Crippen molar-refractivity contribution < 1.29 is 9.47 Å². The number of fused-ring (bicyclic) bond motifs is 1. The monoisotopic (exact) mass is 310 g/mol. The molecule has 0 saturated carbocycles. The fourth-order valence-corrected chi connectivity index (χ4v) is 2.54. The van der Waals surface area contributed by atoms with Crippen molar-refractivity contribution in [1.29, 1.82) is 0 Å². The van der Waals surface area contributed by atoms with Crippen LogP contribution >= 0.6 is 0 Å². The summed E-state index contributed by atoms with van der Waals surface area (Å²) in [5.74, 6) is 1.33. The summed E-state index contributed by atoms with van der Waals surface area (Å²) < 4.78 is 11.1. The fraction of sp³-hybridized carbons (Fsp3) is 0.167. The number of rotatable bonds is 5. The third kappa shape index (κ3) is 2.91. The van der Waals surface area contributed by atoms with E-state index in [1.165, 1.54) is 0 Å². The van der Waals surface area contributed by atoms with Crippen LogP contribution in [0.2, 0.25) is 0 Å². The lowest BCUT2D eigenvalue weighted by atomic mass is 10.1. The number of nitrogens with one attached hydrogen (secondary N) is 1. The van der Waals surface area contributed by atoms with Crippen LogP contribution in [0.3, 0.4) is 0 Å². The number of aromatic amines is 1. The van der Waals surface area contributed by atoms with Crippen LogP contribution in [-0.4, -0.2) is 25.2 Å². The molecule has 0 amide bonds. The van der Waals surface area contributed by atoms with Crippen molar-refractivity contribution in [2.45, 2.75) is 0 Å². The maximum Gasteiger partial charge on any atom is 0.256 e. The highest BCUT2D eigenvalue weighted by Gasteiger charge is 2.14. The van der Waals surface area contributed by atoms with Gasteiger partial charge in [0.2, 0.25) is 0 Å². The van der Waals surface area contributed by atoms with Gasteiger partial charge in [0.1, 0.15) is 12.4 Å². The first-order valence-corrected chi connectivity index (χ1v) is 7.37. The molecule has 23 heavy (non-hydrogen) atoms. The topological polar surface area (TPSA) is 77.3 Å². The van der Waals surface area contributed by atoms with E-state index in [0.717, 1.165) is 10.9 Å². The Labute approximate surface area is 133 Å². The molecule has 0 bridgehead atoms. The van der Waals surface area contributed by atoms with Crippen LogP contribution in [0.5, 0.6) is 11.5 Å². The van der Waals surface area contributed by atoms with Crippen LogP contribution in [0.25, 0.3) is 22.0 Å². The Balaban J connectivity index is 2.27. The first kappa shape index (κ1) is 15.1. The van der Waals surface area contributed by atoms with Crippen LogP contribution in [-0.2, 0) is 0 Å². The first-order valence-electron chi connectivity index (χ1n) is 7.37. The van der Waals surface area contributed by atoms with Crippen molar-refractivity contribution in [1.82, 2.24) is 4.98 Å². The number of ether oxygens (including phenoxy) is 2. The highest BCUT2D eigenvalue weighted by atomic mass is 16.5. The predicted molar refractivity (Wildman–Crippen MR) is 91.1 cm³/mol. The van der Waals surface area contributed by atoms with Gasteiger partial charge >= 0.3 is 0 Å². The van der Waals surface area contributed by atoms with Gasteiger partial charge in [-0.15, -0.1) is 0 Å². The fourth-order valence-electron chi connectivity index (χ4n) is 2.54. The van der Waals surface area contributed by atoms with E-state index in [2.05, 4.69) is 4.98 Å². The average molecular weight is 310 g/mol. The van der Waals surface area contributed by atoms with Gasteiger partial charge in [0.15, 0.2) is 5.75 Å². The van der Waals surface area contributed by atoms with Crippen LogP contribution in [0.4, 0.5) is 0 Å². The van der Waals surface area contributed by atoms with Crippen LogP contribution in [0, 0.1) is 0 Å². The molecule has 1 heterocycles. The van der Waals surface area contributed by atoms with Gasteiger partial charge in [-0.3, -0.25) is 4.79 Å². The van der Waals surface area contributed by atoms with Crippen LogP contribution in [0.1, 0.15) is 0 Å². The van der Waals surface area contributed by atoms with E-state index in [0.29, 0.717) is 35.7 Å². The predicted octanol–water partition coefficient (Wildman–Crippen LogP) is 2.54. The summed E-state index contributed by atoms with van der Waals surface area (Å²) in [7, 11) is 1.61. The number of pyridine rings is 1. The number of hydrogen-bond acceptors (Lipinski definition) is 4. The molecule has 0 saturated heterocycles. The molecule has 0 aliphatic heterocycles. The summed E-state index contributed by atoms with van der Waals surface area (Å²) in [6.07, 6.45) is 0. The lowest BCUT2D eigenvalue weighted by Gasteiger charge is -2.14. The summed E-state index contributed by atoms with van der Waals surface area (Å²) in [5, 5.41) is 1.36. The minimum atomic E-state index is -0.154. The van der Waals surface area contributed by atoms with Gasteiger partial charge in [0.05, 0.1) is 18.2 Å². The molecule has 2 aromatic carbocycles. The number of nitrogens with two attached hydrogens (primary N) is 1. The van der Waals surface area contributed by atoms with Crippen molar-refractivity contribution >= 4 is 10.8 Å². The molecule has 0 spiro atoms. The summed E-state index contributed by atoms with van der Waals surface area (Å²) in [6, 6.07) is 14.8. The van der Waals surface area contributed by atoms with E-state index in [9.17, 15) is 4.79 Å². The van der Waals surface area contributed by atoms with Gasteiger partial charge < -0.3 is 20.2 Å². The first-order chi connectivity index (χ1) is 11.2. The Hall–Kier alpha value is -2.79. The Kier molecular flexibility index (Phi) is 4.30. The number of H-pyrrole nitrogens is 1. The van der Waals surface area contributed by atoms with E-state index in [1.807, 2.05) is 42.5 Å². The molecule has 3 aromatic rings. The number of aromatic nitrogens is 1. The summed E-state index contributed by atoms with van der Waals surface area (Å²) >= 11 is 0. The minimum absolute atomic E-state index is 0.154. The van der Waals surface area contributed by atoms with E-state index < -0.39 is 0 Å². The molecule has 0 radical (unpaired) electrons. The van der Waals surface area contributed by atoms with Crippen molar-refractivity contribution in [3.8, 4) is 22.8 Å². The molecule has 0 unspecified atom stereocenters. The van der Waals surface area contributed by atoms with Crippen molar-refractivity contribution in [3.05, 3.63) is 58.9 Å². The molecule has 1 aromatic heterocycles. The molecular weight excluding hydrogens is 292 g/mol. The largest absolute Gasteiger partial charge is 0.497 e. The van der Waals surface area contributed by atoms with Crippen molar-refractivity contribution in [2.75, 3.05) is 20.3 Å². The molecule has 0 atom stereocenters. The molecule has 3 N–H and O–H groups in total. The molecule has 5 nitrogen and oxygen atoms in total. The molecule has 0 aliphatic carbocycles. The maximum absolute atomic E-state index is 12.4. The van der Waals surface area contributed by atoms with Gasteiger partial charge in [-0.1, -0.05) is 30.3 Å². The second-order valence-corrected chi connectivity index (χ2v) is 5.07. The Bertz CT molecular complexity index is 887. The highest BCUT2D eigenvalue weighted by molar-refractivity contribution is 5.93. The second-order valence-electron chi connectivity index (χ2n) is 5.07. The van der Waals surface area contributed by atoms with Gasteiger partial charge in [-0.05, 0) is 18.2 Å². The molecular formula is C18H18N2O3. The van der Waals surface area contributed by atoms with Crippen molar-refractivity contribution in [3.63, 3.8) is 0 Å². The van der Waals surface area contributed by atoms with Gasteiger partial charge in [-0.2, -0.15) is 0 Å². The SMILES string of the molecule is COc1cccc(-c2[nH]c(=O)c3ccccc3c2OCCN)c1. The standard InChI is InChI=1S/C18H18N2O3/c1-22-13-6-4-5-12(11-13)16-17(23-10-9-19)14-7-2-3-8-15(14)18(21)20-16/h2-8,11H,9-10,19H2,1H3,(H,20,21). The van der Waals surface area contributed by atoms with Gasteiger partial charge in [0, 0.05) is 17.5 Å². The lowest BCUT2D eigenvalue weighted by Crippen LogP contribution is -2.14. The molecule has 5 heteroatoms. The van der Waals surface area contributed by atoms with Crippen molar-refractivity contribution in [2.24, 2.45) is 5.73 Å². The van der Waals surface area contributed by atoms with E-state index in [-0.39, 0.29) is 5.56 Å². The van der Waals surface area contributed by atoms with Gasteiger partial charge in [-0.25, -0.2) is 0 Å². The molecule has 0 fully saturated rings. The highest BCUT2D eigenvalue weighted by Crippen LogP contribution is 2.34. The number of methoxy groups -OCH3 is 1. The molecule has 0 aliphatic rings. The number of hydrogen-bond donors (Lipinski definition) is 2. The molecule has 118 valence electrons. The zero-order chi connectivity index (χ0) is 16.2. The summed E-state index contributed by atoms with van der Waals surface area (Å²) in [4.78, 5) is 15.3. The summed E-state index contributed by atoms with van der Waals surface area (Å²) in [6.45, 7) is 0.762. The Morgan fingerprint density at radius 1 is 1.09 bits per heavy atom. The van der Waals surface area contributed by atoms with Crippen LogP contribution in [0.15, 0.2) is 53.3 Å². The van der Waals surface area contributed by atoms with E-state index in [1.54, 1.807) is 13.2 Å². The Morgan fingerprint density at radius 3 is 2.61 bits per heavy atom. The third-order valence-corrected chi connectivity index (χ3v) is 3.60. The van der Waals surface area contributed by atoms with Crippen LogP contribution < -0.4 is 20.8 Å². The van der Waals surface area contributed by atoms with E-state index in [4.69, 9.17) is 15.2 Å². The third-order valence-electron chi connectivity index (χ3n) is 3.60. The second kappa shape index (κ2) is 6.54.